The molecule has 2 aliphatic heterocycles. The lowest BCUT2D eigenvalue weighted by Crippen LogP contribution is -2.66. The number of ether oxygens (including phenoxy) is 1. The van der Waals surface area contributed by atoms with E-state index in [-0.39, 0.29) is 23.9 Å². The first-order valence-electron chi connectivity index (χ1n) is 13.1. The van der Waals surface area contributed by atoms with Crippen LogP contribution in [0.15, 0.2) is 108 Å². The smallest absolute Gasteiger partial charge is 0.253 e. The molecule has 9 heteroatoms. The summed E-state index contributed by atoms with van der Waals surface area (Å²) >= 11 is 0. The first kappa shape index (κ1) is 26.1. The van der Waals surface area contributed by atoms with Gasteiger partial charge in [0, 0.05) is 18.7 Å². The maximum absolute atomic E-state index is 13.7. The van der Waals surface area contributed by atoms with E-state index in [1.807, 2.05) is 66.4 Å². The van der Waals surface area contributed by atoms with Gasteiger partial charge in [0.2, 0.25) is 10.0 Å². The zero-order valence-electron chi connectivity index (χ0n) is 21.8. The van der Waals surface area contributed by atoms with Crippen LogP contribution in [0.25, 0.3) is 0 Å². The highest BCUT2D eigenvalue weighted by atomic mass is 32.2. The van der Waals surface area contributed by atoms with E-state index in [1.165, 1.54) is 12.1 Å². The minimum absolute atomic E-state index is 0.00409. The number of benzene rings is 4. The minimum Gasteiger partial charge on any atom is -0.453 e. The van der Waals surface area contributed by atoms with Gasteiger partial charge in [-0.05, 0) is 55.5 Å². The number of anilines is 2. The molecule has 8 nitrogen and oxygen atoms in total. The molecule has 4 aromatic carbocycles. The van der Waals surface area contributed by atoms with Crippen LogP contribution in [0.4, 0.5) is 11.4 Å². The number of nitrogens with one attached hydrogen (secondary N) is 1. The predicted molar refractivity (Wildman–Crippen MR) is 153 cm³/mol. The molecule has 0 spiro atoms. The fraction of sp³-hybridized carbons (Fsp3) is 0.194. The Labute approximate surface area is 233 Å². The van der Waals surface area contributed by atoms with Crippen molar-refractivity contribution < 1.29 is 23.1 Å². The largest absolute Gasteiger partial charge is 0.453 e. The number of aryl methyl sites for hydroxylation is 1. The van der Waals surface area contributed by atoms with Crippen molar-refractivity contribution in [3.8, 4) is 11.5 Å². The van der Waals surface area contributed by atoms with E-state index in [0.29, 0.717) is 17.1 Å². The first-order chi connectivity index (χ1) is 19.3. The molecule has 1 amide bonds. The Morgan fingerprint density at radius 2 is 1.40 bits per heavy atom. The van der Waals surface area contributed by atoms with Crippen LogP contribution in [0.1, 0.15) is 15.9 Å². The number of hydrogen-bond donors (Lipinski definition) is 2. The second-order valence-corrected chi connectivity index (χ2v) is 11.8. The van der Waals surface area contributed by atoms with E-state index >= 15 is 0 Å². The fourth-order valence-electron chi connectivity index (χ4n) is 5.37. The second kappa shape index (κ2) is 10.4. The van der Waals surface area contributed by atoms with Crippen molar-refractivity contribution in [1.29, 1.82) is 0 Å². The number of likely N-dealkylation sites (tertiary alicyclic amines) is 1. The highest BCUT2D eigenvalue weighted by Gasteiger charge is 2.45. The van der Waals surface area contributed by atoms with Crippen molar-refractivity contribution in [2.75, 3.05) is 18.0 Å². The van der Waals surface area contributed by atoms with E-state index in [2.05, 4.69) is 4.72 Å². The number of aliphatic hydroxyl groups excluding tert-OH is 1. The third-order valence-electron chi connectivity index (χ3n) is 7.38. The van der Waals surface area contributed by atoms with Gasteiger partial charge in [-0.3, -0.25) is 4.79 Å². The minimum atomic E-state index is -3.99. The zero-order chi connectivity index (χ0) is 27.9. The topological polar surface area (TPSA) is 99.2 Å². The summed E-state index contributed by atoms with van der Waals surface area (Å²) < 4.78 is 35.7. The highest BCUT2D eigenvalue weighted by Crippen LogP contribution is 2.48. The van der Waals surface area contributed by atoms with Crippen LogP contribution in [-0.2, 0) is 10.0 Å². The number of carbonyl (C=O) groups excluding carboxylic acids is 1. The van der Waals surface area contributed by atoms with Crippen LogP contribution in [0.2, 0.25) is 0 Å². The molecule has 2 N–H and O–H groups in total. The van der Waals surface area contributed by atoms with Crippen molar-refractivity contribution in [2.24, 2.45) is 0 Å². The van der Waals surface area contributed by atoms with Crippen molar-refractivity contribution in [3.05, 3.63) is 114 Å². The number of para-hydroxylation sites is 4. The van der Waals surface area contributed by atoms with Gasteiger partial charge >= 0.3 is 0 Å². The van der Waals surface area contributed by atoms with Gasteiger partial charge in [-0.2, -0.15) is 0 Å². The van der Waals surface area contributed by atoms with Crippen LogP contribution in [0.5, 0.6) is 11.5 Å². The Hall–Kier alpha value is -4.18. The van der Waals surface area contributed by atoms with Crippen LogP contribution in [0, 0.1) is 6.92 Å². The van der Waals surface area contributed by atoms with E-state index in [4.69, 9.17) is 4.74 Å². The van der Waals surface area contributed by atoms with Gasteiger partial charge in [0.15, 0.2) is 11.5 Å². The second-order valence-electron chi connectivity index (χ2n) is 10.1. The number of aliphatic hydroxyl groups is 1. The van der Waals surface area contributed by atoms with Gasteiger partial charge in [-0.25, -0.2) is 13.1 Å². The Morgan fingerprint density at radius 1 is 0.825 bits per heavy atom. The lowest BCUT2D eigenvalue weighted by atomic mass is 9.94. The molecular formula is C31H29N3O5S. The number of sulfonamides is 1. The summed E-state index contributed by atoms with van der Waals surface area (Å²) in [5.41, 5.74) is 2.86. The monoisotopic (exact) mass is 555 g/mol. The number of amides is 1. The van der Waals surface area contributed by atoms with Gasteiger partial charge in [-0.1, -0.05) is 60.2 Å². The molecule has 1 fully saturated rings. The number of fused-ring (bicyclic) bond motifs is 2. The van der Waals surface area contributed by atoms with Crippen molar-refractivity contribution in [1.82, 2.24) is 9.62 Å². The van der Waals surface area contributed by atoms with E-state index in [1.54, 1.807) is 41.3 Å². The molecule has 0 aromatic heterocycles. The summed E-state index contributed by atoms with van der Waals surface area (Å²) in [5, 5.41) is 11.8. The molecule has 0 unspecified atom stereocenters. The number of rotatable bonds is 5. The number of carbonyl (C=O) groups is 1. The Kier molecular flexibility index (Phi) is 6.79. The lowest BCUT2D eigenvalue weighted by molar-refractivity contribution is 0.0314. The molecule has 0 bridgehead atoms. The molecule has 40 heavy (non-hydrogen) atoms. The van der Waals surface area contributed by atoms with E-state index in [0.717, 1.165) is 16.9 Å². The molecule has 204 valence electrons. The van der Waals surface area contributed by atoms with Gasteiger partial charge < -0.3 is 19.6 Å². The van der Waals surface area contributed by atoms with E-state index in [9.17, 15) is 18.3 Å². The highest BCUT2D eigenvalue weighted by molar-refractivity contribution is 7.89. The normalized spacial score (nSPS) is 20.3. The molecule has 2 heterocycles. The van der Waals surface area contributed by atoms with Crippen molar-refractivity contribution >= 4 is 27.3 Å². The van der Waals surface area contributed by atoms with Crippen molar-refractivity contribution in [3.63, 3.8) is 0 Å². The SMILES string of the molecule is Cc1ccc(S(=O)(=O)N[C@@H]2CN(C(=O)c3ccccc3)C[C@H](N3c4ccccc4Oc4ccccc43)[C@H]2O)cc1. The van der Waals surface area contributed by atoms with Crippen LogP contribution >= 0.6 is 0 Å². The quantitative estimate of drug-likeness (QED) is 0.377. The molecule has 2 aliphatic rings. The molecule has 0 radical (unpaired) electrons. The number of piperidine rings is 1. The Morgan fingerprint density at radius 3 is 2.02 bits per heavy atom. The molecule has 3 atom stereocenters. The van der Waals surface area contributed by atoms with Gasteiger partial charge in [0.25, 0.3) is 5.91 Å². The first-order valence-corrected chi connectivity index (χ1v) is 14.6. The van der Waals surface area contributed by atoms with Gasteiger partial charge in [0.05, 0.1) is 34.5 Å². The summed E-state index contributed by atoms with van der Waals surface area (Å²) in [6.45, 7) is 2.05. The average Bonchev–Trinajstić information content (AvgIpc) is 2.97. The Bertz CT molecular complexity index is 1600. The third kappa shape index (κ3) is 4.83. The molecule has 4 aromatic rings. The molecule has 0 aliphatic carbocycles. The van der Waals surface area contributed by atoms with Crippen molar-refractivity contribution in [2.45, 2.75) is 30.0 Å². The summed E-state index contributed by atoms with van der Waals surface area (Å²) in [7, 11) is -3.99. The van der Waals surface area contributed by atoms with Crippen LogP contribution < -0.4 is 14.4 Å². The number of nitrogens with zero attached hydrogens (tertiary/aromatic N) is 2. The fourth-order valence-corrected chi connectivity index (χ4v) is 6.61. The zero-order valence-corrected chi connectivity index (χ0v) is 22.7. The maximum atomic E-state index is 13.7. The Balaban J connectivity index is 1.42. The summed E-state index contributed by atoms with van der Waals surface area (Å²) in [6, 6.07) is 28.7. The summed E-state index contributed by atoms with van der Waals surface area (Å²) in [4.78, 5) is 17.3. The summed E-state index contributed by atoms with van der Waals surface area (Å²) in [5.74, 6) is 0.972. The molecule has 1 saturated heterocycles. The molecule has 0 saturated carbocycles. The van der Waals surface area contributed by atoms with Gasteiger partial charge in [-0.15, -0.1) is 0 Å². The predicted octanol–water partition coefficient (Wildman–Crippen LogP) is 4.47. The maximum Gasteiger partial charge on any atom is 0.253 e. The standard InChI is InChI=1S/C31H29N3O5S/c1-21-15-17-23(18-16-21)40(37,38)32-24-19-33(31(36)22-9-3-2-4-10-22)20-27(30(24)35)34-25-11-5-7-13-28(25)39-29-14-8-6-12-26(29)34/h2-18,24,27,30,32,35H,19-20H2,1H3/t24-,27+,30+/m1/s1. The van der Waals surface area contributed by atoms with Crippen LogP contribution in [-0.4, -0.2) is 55.6 Å². The van der Waals surface area contributed by atoms with E-state index < -0.39 is 28.2 Å². The summed E-state index contributed by atoms with van der Waals surface area (Å²) in [6.07, 6.45) is -1.15. The third-order valence-corrected chi connectivity index (χ3v) is 8.88. The lowest BCUT2D eigenvalue weighted by Gasteiger charge is -2.48. The number of hydrogen-bond acceptors (Lipinski definition) is 6. The molecular weight excluding hydrogens is 526 g/mol. The van der Waals surface area contributed by atoms with Gasteiger partial charge in [0.1, 0.15) is 0 Å². The molecule has 6 rings (SSSR count). The van der Waals surface area contributed by atoms with Crippen LogP contribution in [0.3, 0.4) is 0 Å². The average molecular weight is 556 g/mol.